The lowest BCUT2D eigenvalue weighted by atomic mass is 10.0. The van der Waals surface area contributed by atoms with Crippen molar-refractivity contribution in [3.05, 3.63) is 35.4 Å². The van der Waals surface area contributed by atoms with Gasteiger partial charge in [-0.2, -0.15) is 0 Å². The maximum Gasteiger partial charge on any atom is 0.416 e. The van der Waals surface area contributed by atoms with Crippen LogP contribution >= 0.6 is 0 Å². The monoisotopic (exact) mass is 232 g/mol. The van der Waals surface area contributed by atoms with E-state index in [-0.39, 0.29) is 5.91 Å². The number of ether oxygens (including phenoxy) is 1. The van der Waals surface area contributed by atoms with Crippen molar-refractivity contribution in [2.45, 2.75) is 5.72 Å². The average Bonchev–Trinajstić information content (AvgIpc) is 2.72. The van der Waals surface area contributed by atoms with Gasteiger partial charge in [-0.05, 0) is 6.07 Å². The second kappa shape index (κ2) is 2.85. The minimum atomic E-state index is -1.63. The van der Waals surface area contributed by atoms with Crippen molar-refractivity contribution in [1.82, 2.24) is 10.2 Å². The molecule has 0 radical (unpaired) electrons. The molecular weight excluding hydrogens is 224 g/mol. The Hall–Kier alpha value is -2.37. The Morgan fingerprint density at radius 1 is 1.24 bits per heavy atom. The molecule has 2 aliphatic rings. The lowest BCUT2D eigenvalue weighted by molar-refractivity contribution is -0.143. The van der Waals surface area contributed by atoms with Gasteiger partial charge in [0, 0.05) is 18.2 Å². The summed E-state index contributed by atoms with van der Waals surface area (Å²) in [6.07, 6.45) is -0.841. The predicted octanol–water partition coefficient (Wildman–Crippen LogP) is 0.191. The van der Waals surface area contributed by atoms with Crippen molar-refractivity contribution >= 4 is 17.9 Å². The third kappa shape index (κ3) is 0.968. The molecule has 86 valence electrons. The highest BCUT2D eigenvalue weighted by Gasteiger charge is 2.61. The van der Waals surface area contributed by atoms with Crippen LogP contribution in [0.25, 0.3) is 0 Å². The molecule has 3 rings (SSSR count). The molecule has 0 aliphatic carbocycles. The molecule has 0 saturated carbocycles. The normalized spacial score (nSPS) is 26.2. The van der Waals surface area contributed by atoms with Crippen molar-refractivity contribution in [2.24, 2.45) is 0 Å². The largest absolute Gasteiger partial charge is 0.416 e. The van der Waals surface area contributed by atoms with Crippen LogP contribution in [0, 0.1) is 0 Å². The molecule has 17 heavy (non-hydrogen) atoms. The van der Waals surface area contributed by atoms with Gasteiger partial charge in [0.2, 0.25) is 0 Å². The summed E-state index contributed by atoms with van der Waals surface area (Å²) in [6, 6.07) is 6.59. The maximum absolute atomic E-state index is 12.0. The lowest BCUT2D eigenvalue weighted by Crippen LogP contribution is -2.47. The van der Waals surface area contributed by atoms with E-state index in [1.54, 1.807) is 24.3 Å². The summed E-state index contributed by atoms with van der Waals surface area (Å²) >= 11 is 0. The number of hydrogen-bond acceptors (Lipinski definition) is 4. The number of amides is 3. The van der Waals surface area contributed by atoms with Crippen LogP contribution in [0.4, 0.5) is 4.79 Å². The summed E-state index contributed by atoms with van der Waals surface area (Å²) in [5, 5.41) is 2.05. The molecule has 6 heteroatoms. The summed E-state index contributed by atoms with van der Waals surface area (Å²) < 4.78 is 5.04. The van der Waals surface area contributed by atoms with Gasteiger partial charge >= 0.3 is 12.0 Å². The number of nitrogens with zero attached hydrogens (tertiary/aromatic N) is 1. The third-order valence-electron chi connectivity index (χ3n) is 3.06. The van der Waals surface area contributed by atoms with Gasteiger partial charge in [-0.3, -0.25) is 19.8 Å². The minimum Gasteiger partial charge on any atom is -0.408 e. The zero-order valence-corrected chi connectivity index (χ0v) is 8.89. The van der Waals surface area contributed by atoms with Crippen LogP contribution in [-0.4, -0.2) is 29.9 Å². The van der Waals surface area contributed by atoms with Crippen LogP contribution in [0.2, 0.25) is 0 Å². The average molecular weight is 232 g/mol. The second-order valence-electron chi connectivity index (χ2n) is 3.90. The predicted molar refractivity (Wildman–Crippen MR) is 54.8 cm³/mol. The minimum absolute atomic E-state index is 0.342. The molecule has 3 amide bonds. The fraction of sp³-hybridized carbons (Fsp3) is 0.182. The SMILES string of the molecule is CN1C(=O)c2ccccc2C12OC(=O)NC2=O. The lowest BCUT2D eigenvalue weighted by Gasteiger charge is -2.27. The number of likely N-dealkylation sites (N-methyl/N-ethyl adjacent to an activating group) is 1. The highest BCUT2D eigenvalue weighted by molar-refractivity contribution is 6.11. The molecule has 1 aromatic carbocycles. The van der Waals surface area contributed by atoms with Crippen molar-refractivity contribution < 1.29 is 19.1 Å². The van der Waals surface area contributed by atoms with Gasteiger partial charge in [-0.25, -0.2) is 4.79 Å². The molecule has 1 N–H and O–H groups in total. The standard InChI is InChI=1S/C11H8N2O4/c1-13-8(14)6-4-2-3-5-7(6)11(13)9(15)12-10(16)17-11/h2-5H,1H3,(H,12,15,16). The van der Waals surface area contributed by atoms with Crippen LogP contribution < -0.4 is 5.32 Å². The van der Waals surface area contributed by atoms with Crippen molar-refractivity contribution in [1.29, 1.82) is 0 Å². The summed E-state index contributed by atoms with van der Waals surface area (Å²) in [5.41, 5.74) is -0.860. The quantitative estimate of drug-likeness (QED) is 0.692. The van der Waals surface area contributed by atoms with E-state index in [2.05, 4.69) is 0 Å². The highest BCUT2D eigenvalue weighted by atomic mass is 16.6. The van der Waals surface area contributed by atoms with Crippen LogP contribution in [0.5, 0.6) is 0 Å². The number of carbonyl (C=O) groups is 3. The van der Waals surface area contributed by atoms with E-state index in [1.807, 2.05) is 5.32 Å². The van der Waals surface area contributed by atoms with E-state index < -0.39 is 17.7 Å². The van der Waals surface area contributed by atoms with E-state index in [9.17, 15) is 14.4 Å². The Bertz CT molecular complexity index is 568. The number of hydrogen-bond donors (Lipinski definition) is 1. The van der Waals surface area contributed by atoms with Gasteiger partial charge in [-0.15, -0.1) is 0 Å². The van der Waals surface area contributed by atoms with E-state index in [0.29, 0.717) is 11.1 Å². The van der Waals surface area contributed by atoms with Gasteiger partial charge < -0.3 is 4.74 Å². The van der Waals surface area contributed by atoms with Gasteiger partial charge in [0.05, 0.1) is 0 Å². The first-order chi connectivity index (χ1) is 8.07. The zero-order chi connectivity index (χ0) is 12.2. The Morgan fingerprint density at radius 2 is 1.94 bits per heavy atom. The molecule has 6 nitrogen and oxygen atoms in total. The molecule has 1 saturated heterocycles. The molecule has 1 aromatic rings. The molecule has 1 fully saturated rings. The summed E-state index contributed by atoms with van der Waals surface area (Å²) in [5.74, 6) is -0.978. The number of fused-ring (bicyclic) bond motifs is 2. The van der Waals surface area contributed by atoms with Crippen LogP contribution in [0.1, 0.15) is 15.9 Å². The Kier molecular flexibility index (Phi) is 1.65. The number of benzene rings is 1. The van der Waals surface area contributed by atoms with Crippen molar-refractivity contribution in [2.75, 3.05) is 7.05 Å². The number of imide groups is 1. The Morgan fingerprint density at radius 3 is 2.59 bits per heavy atom. The second-order valence-corrected chi connectivity index (χ2v) is 3.90. The van der Waals surface area contributed by atoms with Crippen molar-refractivity contribution in [3.8, 4) is 0 Å². The first-order valence-electron chi connectivity index (χ1n) is 4.99. The third-order valence-corrected chi connectivity index (χ3v) is 3.06. The fourth-order valence-corrected chi connectivity index (χ4v) is 2.25. The smallest absolute Gasteiger partial charge is 0.408 e. The number of rotatable bonds is 0. The summed E-state index contributed by atoms with van der Waals surface area (Å²) in [7, 11) is 1.43. The van der Waals surface area contributed by atoms with E-state index in [4.69, 9.17) is 4.74 Å². The molecule has 1 atom stereocenters. The first-order valence-corrected chi connectivity index (χ1v) is 4.99. The van der Waals surface area contributed by atoms with Crippen LogP contribution in [-0.2, 0) is 15.3 Å². The number of nitrogens with one attached hydrogen (secondary N) is 1. The van der Waals surface area contributed by atoms with E-state index in [0.717, 1.165) is 4.90 Å². The molecule has 0 aromatic heterocycles. The Balaban J connectivity index is 2.29. The molecule has 0 bridgehead atoms. The topological polar surface area (TPSA) is 75.7 Å². The summed E-state index contributed by atoms with van der Waals surface area (Å²) in [6.45, 7) is 0. The molecule has 1 spiro atoms. The van der Waals surface area contributed by atoms with Gasteiger partial charge in [0.15, 0.2) is 0 Å². The highest BCUT2D eigenvalue weighted by Crippen LogP contribution is 2.41. The van der Waals surface area contributed by atoms with Gasteiger partial charge in [-0.1, -0.05) is 18.2 Å². The Labute approximate surface area is 96.2 Å². The van der Waals surface area contributed by atoms with Gasteiger partial charge in [0.25, 0.3) is 11.6 Å². The number of alkyl carbamates (subject to hydrolysis) is 1. The molecule has 2 heterocycles. The van der Waals surface area contributed by atoms with Gasteiger partial charge in [0.1, 0.15) is 0 Å². The van der Waals surface area contributed by atoms with Crippen LogP contribution in [0.15, 0.2) is 24.3 Å². The maximum atomic E-state index is 12.0. The summed E-state index contributed by atoms with van der Waals surface area (Å²) in [4.78, 5) is 36.2. The zero-order valence-electron chi connectivity index (χ0n) is 8.89. The van der Waals surface area contributed by atoms with Crippen LogP contribution in [0.3, 0.4) is 0 Å². The molecular formula is C11H8N2O4. The van der Waals surface area contributed by atoms with Crippen molar-refractivity contribution in [3.63, 3.8) is 0 Å². The number of carbonyl (C=O) groups excluding carboxylic acids is 3. The molecule has 1 unspecified atom stereocenters. The fourth-order valence-electron chi connectivity index (χ4n) is 2.25. The van der Waals surface area contributed by atoms with E-state index in [1.165, 1.54) is 7.05 Å². The first kappa shape index (κ1) is 9.83. The molecule has 2 aliphatic heterocycles. The van der Waals surface area contributed by atoms with E-state index >= 15 is 0 Å².